The number of rotatable bonds is 5. The molecule has 2 N–H and O–H groups in total. The first-order valence-corrected chi connectivity index (χ1v) is 6.27. The highest BCUT2D eigenvalue weighted by Gasteiger charge is 2.27. The van der Waals surface area contributed by atoms with E-state index >= 15 is 0 Å². The lowest BCUT2D eigenvalue weighted by molar-refractivity contribution is 0.352. The Balaban J connectivity index is 2.25. The van der Waals surface area contributed by atoms with Crippen molar-refractivity contribution in [3.63, 3.8) is 0 Å². The minimum absolute atomic E-state index is 0.491. The molecule has 1 aromatic heterocycles. The topological polar surface area (TPSA) is 83.4 Å². The van der Waals surface area contributed by atoms with E-state index in [4.69, 9.17) is 19.7 Å². The van der Waals surface area contributed by atoms with Crippen LogP contribution in [-0.2, 0) is 12.0 Å². The molecule has 6 nitrogen and oxygen atoms in total. The lowest BCUT2D eigenvalue weighted by Crippen LogP contribution is -2.36. The largest absolute Gasteiger partial charge is 0.493 e. The molecule has 0 saturated carbocycles. The highest BCUT2D eigenvalue weighted by atomic mass is 16.5. The zero-order valence-electron chi connectivity index (χ0n) is 12.1. The molecule has 0 fully saturated rings. The van der Waals surface area contributed by atoms with Gasteiger partial charge in [0.15, 0.2) is 17.3 Å². The second kappa shape index (κ2) is 5.50. The van der Waals surface area contributed by atoms with Crippen molar-refractivity contribution in [2.45, 2.75) is 25.8 Å². The Morgan fingerprint density at radius 2 is 1.95 bits per heavy atom. The number of nitrogens with two attached hydrogens (primary N) is 1. The first-order valence-electron chi connectivity index (χ1n) is 6.27. The van der Waals surface area contributed by atoms with Crippen molar-refractivity contribution >= 4 is 0 Å². The van der Waals surface area contributed by atoms with E-state index < -0.39 is 5.54 Å². The molecule has 1 atom stereocenters. The van der Waals surface area contributed by atoms with Gasteiger partial charge in [0, 0.05) is 6.92 Å². The summed E-state index contributed by atoms with van der Waals surface area (Å²) in [6, 6.07) is 5.70. The number of nitrogens with zero attached hydrogens (tertiary/aromatic N) is 2. The highest BCUT2D eigenvalue weighted by molar-refractivity contribution is 5.43. The van der Waals surface area contributed by atoms with Crippen LogP contribution in [0, 0.1) is 6.92 Å². The first-order chi connectivity index (χ1) is 9.46. The second-order valence-corrected chi connectivity index (χ2v) is 4.92. The fourth-order valence-electron chi connectivity index (χ4n) is 2.02. The second-order valence-electron chi connectivity index (χ2n) is 4.92. The maximum Gasteiger partial charge on any atom is 0.223 e. The van der Waals surface area contributed by atoms with Gasteiger partial charge in [-0.25, -0.2) is 0 Å². The van der Waals surface area contributed by atoms with Crippen LogP contribution in [0.1, 0.15) is 24.2 Å². The van der Waals surface area contributed by atoms with Gasteiger partial charge in [0.2, 0.25) is 5.89 Å². The van der Waals surface area contributed by atoms with Crippen LogP contribution in [0.3, 0.4) is 0 Å². The van der Waals surface area contributed by atoms with E-state index in [0.29, 0.717) is 29.6 Å². The molecule has 0 radical (unpaired) electrons. The molecule has 0 bridgehead atoms. The van der Waals surface area contributed by atoms with E-state index in [9.17, 15) is 0 Å². The Kier molecular flexibility index (Phi) is 3.94. The Morgan fingerprint density at radius 3 is 2.50 bits per heavy atom. The van der Waals surface area contributed by atoms with Crippen LogP contribution in [0.15, 0.2) is 22.7 Å². The maximum atomic E-state index is 6.29. The van der Waals surface area contributed by atoms with Crippen molar-refractivity contribution in [1.29, 1.82) is 0 Å². The number of aryl methyl sites for hydroxylation is 1. The van der Waals surface area contributed by atoms with Gasteiger partial charge in [0.1, 0.15) is 0 Å². The number of hydrogen-bond donors (Lipinski definition) is 1. The molecule has 0 aliphatic rings. The summed E-state index contributed by atoms with van der Waals surface area (Å²) in [5, 5.41) is 3.89. The number of aromatic nitrogens is 2. The summed E-state index contributed by atoms with van der Waals surface area (Å²) >= 11 is 0. The average Bonchev–Trinajstić information content (AvgIpc) is 2.85. The minimum Gasteiger partial charge on any atom is -0.493 e. The van der Waals surface area contributed by atoms with E-state index in [2.05, 4.69) is 10.1 Å². The Bertz CT molecular complexity index is 593. The molecular formula is C14H19N3O3. The third-order valence-corrected chi connectivity index (χ3v) is 3.06. The Hall–Kier alpha value is -2.08. The Labute approximate surface area is 117 Å². The van der Waals surface area contributed by atoms with Crippen LogP contribution >= 0.6 is 0 Å². The molecule has 6 heteroatoms. The minimum atomic E-state index is -0.711. The van der Waals surface area contributed by atoms with Crippen molar-refractivity contribution in [2.24, 2.45) is 5.73 Å². The summed E-state index contributed by atoms with van der Waals surface area (Å²) in [5.74, 6) is 2.35. The lowest BCUT2D eigenvalue weighted by atomic mass is 9.93. The first kappa shape index (κ1) is 14.3. The normalized spacial score (nSPS) is 13.8. The molecule has 0 aliphatic heterocycles. The zero-order chi connectivity index (χ0) is 14.8. The third kappa shape index (κ3) is 2.91. The molecule has 2 aromatic rings. The van der Waals surface area contributed by atoms with Gasteiger partial charge in [-0.15, -0.1) is 0 Å². The molecule has 0 spiro atoms. The van der Waals surface area contributed by atoms with E-state index in [-0.39, 0.29) is 0 Å². The molecular weight excluding hydrogens is 258 g/mol. The van der Waals surface area contributed by atoms with Crippen molar-refractivity contribution in [2.75, 3.05) is 14.2 Å². The van der Waals surface area contributed by atoms with Gasteiger partial charge in [-0.2, -0.15) is 4.98 Å². The Morgan fingerprint density at radius 1 is 1.25 bits per heavy atom. The predicted molar refractivity (Wildman–Crippen MR) is 73.8 cm³/mol. The van der Waals surface area contributed by atoms with Gasteiger partial charge >= 0.3 is 0 Å². The monoisotopic (exact) mass is 277 g/mol. The van der Waals surface area contributed by atoms with Gasteiger partial charge in [-0.3, -0.25) is 0 Å². The number of methoxy groups -OCH3 is 2. The molecule has 20 heavy (non-hydrogen) atoms. The molecule has 0 aliphatic carbocycles. The van der Waals surface area contributed by atoms with Crippen LogP contribution < -0.4 is 15.2 Å². The molecule has 0 amide bonds. The van der Waals surface area contributed by atoms with E-state index in [1.54, 1.807) is 21.1 Å². The highest BCUT2D eigenvalue weighted by Crippen LogP contribution is 2.30. The van der Waals surface area contributed by atoms with Crippen LogP contribution in [0.2, 0.25) is 0 Å². The molecule has 1 unspecified atom stereocenters. The summed E-state index contributed by atoms with van der Waals surface area (Å²) in [4.78, 5) is 4.20. The summed E-state index contributed by atoms with van der Waals surface area (Å²) in [6.45, 7) is 3.61. The number of hydrogen-bond acceptors (Lipinski definition) is 6. The average molecular weight is 277 g/mol. The van der Waals surface area contributed by atoms with Gasteiger partial charge < -0.3 is 19.7 Å². The predicted octanol–water partition coefficient (Wildman–Crippen LogP) is 1.81. The van der Waals surface area contributed by atoms with Crippen molar-refractivity contribution in [1.82, 2.24) is 10.1 Å². The molecule has 2 rings (SSSR count). The standard InChI is InChI=1S/C14H19N3O3/c1-9-16-13(17-20-9)14(2,15)8-10-5-6-11(18-3)12(7-10)19-4/h5-7H,8,15H2,1-4H3. The van der Waals surface area contributed by atoms with Crippen LogP contribution in [0.5, 0.6) is 11.5 Å². The molecule has 1 aromatic carbocycles. The van der Waals surface area contributed by atoms with Crippen molar-refractivity contribution in [3.05, 3.63) is 35.5 Å². The van der Waals surface area contributed by atoms with Crippen LogP contribution in [0.4, 0.5) is 0 Å². The van der Waals surface area contributed by atoms with Crippen molar-refractivity contribution in [3.8, 4) is 11.5 Å². The summed E-state index contributed by atoms with van der Waals surface area (Å²) in [6.07, 6.45) is 0.562. The zero-order valence-corrected chi connectivity index (χ0v) is 12.1. The quantitative estimate of drug-likeness (QED) is 0.897. The molecule has 108 valence electrons. The van der Waals surface area contributed by atoms with E-state index in [1.807, 2.05) is 25.1 Å². The summed E-state index contributed by atoms with van der Waals surface area (Å²) in [7, 11) is 3.21. The molecule has 1 heterocycles. The molecule has 0 saturated heterocycles. The smallest absolute Gasteiger partial charge is 0.223 e. The fraction of sp³-hybridized carbons (Fsp3) is 0.429. The number of ether oxygens (including phenoxy) is 2. The lowest BCUT2D eigenvalue weighted by Gasteiger charge is -2.21. The number of benzene rings is 1. The third-order valence-electron chi connectivity index (χ3n) is 3.06. The van der Waals surface area contributed by atoms with E-state index in [0.717, 1.165) is 5.56 Å². The van der Waals surface area contributed by atoms with Gasteiger partial charge in [-0.05, 0) is 31.0 Å². The maximum absolute atomic E-state index is 6.29. The van der Waals surface area contributed by atoms with E-state index in [1.165, 1.54) is 0 Å². The van der Waals surface area contributed by atoms with Gasteiger partial charge in [0.05, 0.1) is 19.8 Å². The SMILES string of the molecule is COc1ccc(CC(C)(N)c2noc(C)n2)cc1OC. The van der Waals surface area contributed by atoms with Gasteiger partial charge in [-0.1, -0.05) is 11.2 Å². The summed E-state index contributed by atoms with van der Waals surface area (Å²) in [5.41, 5.74) is 6.59. The van der Waals surface area contributed by atoms with Crippen LogP contribution in [0.25, 0.3) is 0 Å². The summed E-state index contributed by atoms with van der Waals surface area (Å²) < 4.78 is 15.5. The van der Waals surface area contributed by atoms with Crippen molar-refractivity contribution < 1.29 is 14.0 Å². The van der Waals surface area contributed by atoms with Gasteiger partial charge in [0.25, 0.3) is 0 Å². The fourth-order valence-corrected chi connectivity index (χ4v) is 2.02. The van der Waals surface area contributed by atoms with Crippen LogP contribution in [-0.4, -0.2) is 24.4 Å².